The number of nitrogens with one attached hydrogen (secondary N) is 2. The monoisotopic (exact) mass is 296 g/mol. The van der Waals surface area contributed by atoms with Crippen molar-refractivity contribution >= 4 is 27.0 Å². The van der Waals surface area contributed by atoms with E-state index in [1.807, 2.05) is 5.38 Å². The summed E-state index contributed by atoms with van der Waals surface area (Å²) < 4.78 is 26.0. The Labute approximate surface area is 117 Å². The van der Waals surface area contributed by atoms with Crippen LogP contribution in [0.15, 0.2) is 46.0 Å². The van der Waals surface area contributed by atoms with Crippen molar-refractivity contribution in [2.24, 2.45) is 0 Å². The Bertz CT molecular complexity index is 605. The van der Waals surface area contributed by atoms with E-state index in [2.05, 4.69) is 21.5 Å². The van der Waals surface area contributed by atoms with Crippen molar-refractivity contribution in [3.63, 3.8) is 0 Å². The van der Waals surface area contributed by atoms with E-state index in [1.54, 1.807) is 42.5 Å². The van der Waals surface area contributed by atoms with Crippen molar-refractivity contribution < 1.29 is 8.42 Å². The molecule has 6 heteroatoms. The van der Waals surface area contributed by atoms with Crippen molar-refractivity contribution in [3.8, 4) is 0 Å². The summed E-state index contributed by atoms with van der Waals surface area (Å²) in [5.41, 5.74) is 2.12. The molecule has 102 valence electrons. The molecular formula is C13H16N2O2S2. The molecule has 0 unspecified atom stereocenters. The number of rotatable bonds is 6. The van der Waals surface area contributed by atoms with Crippen molar-refractivity contribution in [3.05, 3.63) is 46.7 Å². The molecule has 0 amide bonds. The molecule has 2 rings (SSSR count). The molecule has 4 nitrogen and oxygen atoms in total. The van der Waals surface area contributed by atoms with E-state index in [0.29, 0.717) is 6.54 Å². The lowest BCUT2D eigenvalue weighted by Crippen LogP contribution is -2.23. The largest absolute Gasteiger partial charge is 0.381 e. The molecule has 0 saturated heterocycles. The van der Waals surface area contributed by atoms with Gasteiger partial charge in [0.25, 0.3) is 0 Å². The Morgan fingerprint density at radius 1 is 1.16 bits per heavy atom. The van der Waals surface area contributed by atoms with Crippen molar-refractivity contribution in [2.45, 2.75) is 18.4 Å². The lowest BCUT2D eigenvalue weighted by atomic mass is 10.3. The molecule has 0 aliphatic carbocycles. The van der Waals surface area contributed by atoms with E-state index in [-0.39, 0.29) is 4.90 Å². The molecule has 0 aliphatic rings. The highest BCUT2D eigenvalue weighted by Gasteiger charge is 2.11. The first kappa shape index (κ1) is 14.0. The molecule has 0 bridgehead atoms. The van der Waals surface area contributed by atoms with Gasteiger partial charge in [0.05, 0.1) is 4.90 Å². The molecule has 2 N–H and O–H groups in total. The minimum atomic E-state index is -3.36. The molecule has 1 aromatic carbocycles. The van der Waals surface area contributed by atoms with Gasteiger partial charge in [-0.2, -0.15) is 11.3 Å². The predicted octanol–water partition coefficient (Wildman–Crippen LogP) is 2.66. The zero-order valence-electron chi connectivity index (χ0n) is 10.6. The number of benzene rings is 1. The summed E-state index contributed by atoms with van der Waals surface area (Å²) in [5, 5.41) is 7.36. The number of hydrogen-bond acceptors (Lipinski definition) is 4. The second-order valence-electron chi connectivity index (χ2n) is 4.01. The molecule has 0 atom stereocenters. The van der Waals surface area contributed by atoms with Gasteiger partial charge in [0, 0.05) is 18.8 Å². The molecule has 0 aliphatic heterocycles. The van der Waals surface area contributed by atoms with Gasteiger partial charge in [-0.05, 0) is 46.7 Å². The third-order valence-corrected chi connectivity index (χ3v) is 4.87. The summed E-state index contributed by atoms with van der Waals surface area (Å²) in [5.74, 6) is 0. The normalized spacial score (nSPS) is 11.4. The first-order valence-electron chi connectivity index (χ1n) is 5.96. The average Bonchev–Trinajstić information content (AvgIpc) is 2.90. The summed E-state index contributed by atoms with van der Waals surface area (Å²) in [4.78, 5) is 0.287. The van der Waals surface area contributed by atoms with Crippen LogP contribution < -0.4 is 10.0 Å². The van der Waals surface area contributed by atoms with Crippen LogP contribution in [-0.2, 0) is 16.6 Å². The Kier molecular flexibility index (Phi) is 4.57. The lowest BCUT2D eigenvalue weighted by molar-refractivity contribution is 0.584. The molecular weight excluding hydrogens is 280 g/mol. The zero-order chi connectivity index (χ0) is 13.7. The Morgan fingerprint density at radius 2 is 1.89 bits per heavy atom. The Hall–Kier alpha value is -1.37. The lowest BCUT2D eigenvalue weighted by Gasteiger charge is -2.07. The van der Waals surface area contributed by atoms with Crippen molar-refractivity contribution in [2.75, 3.05) is 11.9 Å². The summed E-state index contributed by atoms with van der Waals surface area (Å²) in [7, 11) is -3.36. The van der Waals surface area contributed by atoms with Gasteiger partial charge < -0.3 is 5.32 Å². The number of sulfonamides is 1. The summed E-state index contributed by atoms with van der Waals surface area (Å²) in [6, 6.07) is 8.82. The molecule has 1 aromatic heterocycles. The van der Waals surface area contributed by atoms with Crippen LogP contribution in [0.1, 0.15) is 12.5 Å². The van der Waals surface area contributed by atoms with E-state index in [4.69, 9.17) is 0 Å². The maximum absolute atomic E-state index is 11.8. The Morgan fingerprint density at radius 3 is 2.47 bits per heavy atom. The standard InChI is InChI=1S/C13H16N2O2S2/c1-2-15-19(16,17)13-5-3-12(4-6-13)14-9-11-7-8-18-10-11/h3-8,10,14-15H,2,9H2,1H3. The molecule has 19 heavy (non-hydrogen) atoms. The fraction of sp³-hybridized carbons (Fsp3) is 0.231. The van der Waals surface area contributed by atoms with Crippen LogP contribution in [0.5, 0.6) is 0 Å². The van der Waals surface area contributed by atoms with Crippen molar-refractivity contribution in [1.82, 2.24) is 4.72 Å². The van der Waals surface area contributed by atoms with Crippen LogP contribution in [-0.4, -0.2) is 15.0 Å². The third-order valence-electron chi connectivity index (χ3n) is 2.58. The van der Waals surface area contributed by atoms with Crippen LogP contribution in [0.25, 0.3) is 0 Å². The fourth-order valence-electron chi connectivity index (χ4n) is 1.62. The van der Waals surface area contributed by atoms with Crippen LogP contribution >= 0.6 is 11.3 Å². The highest BCUT2D eigenvalue weighted by atomic mass is 32.2. The highest BCUT2D eigenvalue weighted by Crippen LogP contribution is 2.15. The topological polar surface area (TPSA) is 58.2 Å². The molecule has 0 saturated carbocycles. The van der Waals surface area contributed by atoms with E-state index in [0.717, 1.165) is 12.2 Å². The van der Waals surface area contributed by atoms with Gasteiger partial charge in [-0.3, -0.25) is 0 Å². The minimum absolute atomic E-state index is 0.287. The van der Waals surface area contributed by atoms with Gasteiger partial charge in [0.2, 0.25) is 10.0 Å². The van der Waals surface area contributed by atoms with Crippen LogP contribution in [0, 0.1) is 0 Å². The molecule has 0 spiro atoms. The summed E-state index contributed by atoms with van der Waals surface area (Å²) >= 11 is 1.66. The van der Waals surface area contributed by atoms with E-state index in [9.17, 15) is 8.42 Å². The molecule has 2 aromatic rings. The number of anilines is 1. The smallest absolute Gasteiger partial charge is 0.240 e. The molecule has 0 fully saturated rings. The van der Waals surface area contributed by atoms with E-state index in [1.165, 1.54) is 5.56 Å². The van der Waals surface area contributed by atoms with Gasteiger partial charge in [-0.25, -0.2) is 13.1 Å². The first-order valence-corrected chi connectivity index (χ1v) is 8.39. The highest BCUT2D eigenvalue weighted by molar-refractivity contribution is 7.89. The van der Waals surface area contributed by atoms with Crippen LogP contribution in [0.3, 0.4) is 0 Å². The van der Waals surface area contributed by atoms with Gasteiger partial charge in [0.1, 0.15) is 0 Å². The van der Waals surface area contributed by atoms with Crippen LogP contribution in [0.4, 0.5) is 5.69 Å². The second-order valence-corrected chi connectivity index (χ2v) is 6.56. The fourth-order valence-corrected chi connectivity index (χ4v) is 3.33. The summed E-state index contributed by atoms with van der Waals surface area (Å²) in [6.07, 6.45) is 0. The van der Waals surface area contributed by atoms with Gasteiger partial charge in [0.15, 0.2) is 0 Å². The van der Waals surface area contributed by atoms with E-state index < -0.39 is 10.0 Å². The molecule has 1 heterocycles. The quantitative estimate of drug-likeness (QED) is 0.861. The van der Waals surface area contributed by atoms with Gasteiger partial charge in [-0.15, -0.1) is 0 Å². The third kappa shape index (κ3) is 3.79. The first-order chi connectivity index (χ1) is 9.12. The summed E-state index contributed by atoms with van der Waals surface area (Å²) in [6.45, 7) is 2.89. The molecule has 0 radical (unpaired) electrons. The van der Waals surface area contributed by atoms with Gasteiger partial charge in [-0.1, -0.05) is 6.92 Å². The number of hydrogen-bond donors (Lipinski definition) is 2. The van der Waals surface area contributed by atoms with E-state index >= 15 is 0 Å². The maximum Gasteiger partial charge on any atom is 0.240 e. The minimum Gasteiger partial charge on any atom is -0.381 e. The average molecular weight is 296 g/mol. The second kappa shape index (κ2) is 6.18. The van der Waals surface area contributed by atoms with Crippen molar-refractivity contribution in [1.29, 1.82) is 0 Å². The zero-order valence-corrected chi connectivity index (χ0v) is 12.2. The predicted molar refractivity (Wildman–Crippen MR) is 79.0 cm³/mol. The van der Waals surface area contributed by atoms with Crippen LogP contribution in [0.2, 0.25) is 0 Å². The van der Waals surface area contributed by atoms with Gasteiger partial charge >= 0.3 is 0 Å². The Balaban J connectivity index is 2.02. The maximum atomic E-state index is 11.8. The SMILES string of the molecule is CCNS(=O)(=O)c1ccc(NCc2ccsc2)cc1. The number of thiophene rings is 1.